The second-order valence-corrected chi connectivity index (χ2v) is 7.51. The predicted octanol–water partition coefficient (Wildman–Crippen LogP) is 1.03. The van der Waals surface area contributed by atoms with Gasteiger partial charge in [-0.05, 0) is 24.6 Å². The fraction of sp³-hybridized carbons (Fsp3) is 0.429. The van der Waals surface area contributed by atoms with Gasteiger partial charge in [-0.3, -0.25) is 9.59 Å². The Hall–Kier alpha value is -3.16. The Bertz CT molecular complexity index is 873. The molecule has 29 heavy (non-hydrogen) atoms. The number of anilines is 2. The lowest BCUT2D eigenvalue weighted by Crippen LogP contribution is -2.49. The molecule has 2 aromatic rings. The monoisotopic (exact) mass is 394 g/mol. The third-order valence-corrected chi connectivity index (χ3v) is 5.59. The van der Waals surface area contributed by atoms with E-state index in [0.717, 1.165) is 25.3 Å². The third-order valence-electron chi connectivity index (χ3n) is 5.59. The van der Waals surface area contributed by atoms with Crippen molar-refractivity contribution in [3.05, 3.63) is 47.9 Å². The second kappa shape index (κ2) is 8.46. The number of nitrogens with zero attached hydrogens (tertiary/aromatic N) is 6. The Morgan fingerprint density at radius 2 is 1.66 bits per heavy atom. The second-order valence-electron chi connectivity index (χ2n) is 7.51. The van der Waals surface area contributed by atoms with Crippen LogP contribution in [0.5, 0.6) is 0 Å². The van der Waals surface area contributed by atoms with Gasteiger partial charge in [-0.1, -0.05) is 12.1 Å². The minimum absolute atomic E-state index is 0.0518. The summed E-state index contributed by atoms with van der Waals surface area (Å²) in [6, 6.07) is 10.2. The molecule has 4 rings (SSSR count). The molecule has 0 N–H and O–H groups in total. The van der Waals surface area contributed by atoms with Crippen LogP contribution in [-0.4, -0.2) is 84.4 Å². The van der Waals surface area contributed by atoms with E-state index in [2.05, 4.69) is 51.0 Å². The van der Waals surface area contributed by atoms with E-state index in [0.29, 0.717) is 45.0 Å². The maximum Gasteiger partial charge on any atom is 0.272 e. The van der Waals surface area contributed by atoms with Crippen molar-refractivity contribution in [3.63, 3.8) is 0 Å². The van der Waals surface area contributed by atoms with Crippen LogP contribution in [0.25, 0.3) is 0 Å². The van der Waals surface area contributed by atoms with Crippen molar-refractivity contribution in [3.8, 4) is 0 Å². The number of benzene rings is 1. The molecule has 0 aliphatic carbocycles. The zero-order chi connectivity index (χ0) is 20.2. The third kappa shape index (κ3) is 4.31. The Balaban J connectivity index is 1.38. The first-order chi connectivity index (χ1) is 14.1. The summed E-state index contributed by atoms with van der Waals surface area (Å²) < 4.78 is 0. The Kier molecular flexibility index (Phi) is 5.59. The summed E-state index contributed by atoms with van der Waals surface area (Å²) in [6.45, 7) is 7.79. The highest BCUT2D eigenvalue weighted by atomic mass is 16.2. The minimum atomic E-state index is -0.0518. The Morgan fingerprint density at radius 1 is 0.931 bits per heavy atom. The van der Waals surface area contributed by atoms with Crippen LogP contribution in [-0.2, 0) is 4.79 Å². The van der Waals surface area contributed by atoms with Crippen LogP contribution < -0.4 is 9.80 Å². The SMILES string of the molecule is Cc1cccc(N2CCN(C(=O)c3cc(N4CCN(C=O)CC4)ncn3)CC2)c1. The zero-order valence-electron chi connectivity index (χ0n) is 16.7. The zero-order valence-corrected chi connectivity index (χ0v) is 16.7. The largest absolute Gasteiger partial charge is 0.368 e. The molecule has 1 aromatic heterocycles. The highest BCUT2D eigenvalue weighted by Gasteiger charge is 2.24. The van der Waals surface area contributed by atoms with Gasteiger partial charge in [0.05, 0.1) is 0 Å². The van der Waals surface area contributed by atoms with Crippen LogP contribution in [0.15, 0.2) is 36.7 Å². The molecule has 0 atom stereocenters. The first-order valence-electron chi connectivity index (χ1n) is 10.0. The molecular formula is C21H26N6O2. The summed E-state index contributed by atoms with van der Waals surface area (Å²) in [7, 11) is 0. The number of hydrogen-bond acceptors (Lipinski definition) is 6. The summed E-state index contributed by atoms with van der Waals surface area (Å²) >= 11 is 0. The van der Waals surface area contributed by atoms with Gasteiger partial charge in [0, 0.05) is 64.1 Å². The van der Waals surface area contributed by atoms with Crippen LogP contribution >= 0.6 is 0 Å². The lowest BCUT2D eigenvalue weighted by Gasteiger charge is -2.36. The average molecular weight is 394 g/mol. The molecule has 8 nitrogen and oxygen atoms in total. The lowest BCUT2D eigenvalue weighted by molar-refractivity contribution is -0.118. The van der Waals surface area contributed by atoms with Gasteiger partial charge >= 0.3 is 0 Å². The van der Waals surface area contributed by atoms with E-state index < -0.39 is 0 Å². The van der Waals surface area contributed by atoms with Gasteiger partial charge in [0.25, 0.3) is 5.91 Å². The molecule has 2 saturated heterocycles. The minimum Gasteiger partial charge on any atom is -0.368 e. The van der Waals surface area contributed by atoms with Gasteiger partial charge in [0.2, 0.25) is 6.41 Å². The van der Waals surface area contributed by atoms with Gasteiger partial charge in [-0.15, -0.1) is 0 Å². The van der Waals surface area contributed by atoms with E-state index in [1.807, 2.05) is 4.90 Å². The van der Waals surface area contributed by atoms with Crippen molar-refractivity contribution in [2.45, 2.75) is 6.92 Å². The molecule has 0 spiro atoms. The van der Waals surface area contributed by atoms with Crippen molar-refractivity contribution in [2.24, 2.45) is 0 Å². The van der Waals surface area contributed by atoms with Gasteiger partial charge in [-0.25, -0.2) is 9.97 Å². The number of carbonyl (C=O) groups excluding carboxylic acids is 2. The molecule has 0 bridgehead atoms. The van der Waals surface area contributed by atoms with Gasteiger partial charge in [-0.2, -0.15) is 0 Å². The van der Waals surface area contributed by atoms with Gasteiger partial charge in [0.1, 0.15) is 17.8 Å². The van der Waals surface area contributed by atoms with E-state index >= 15 is 0 Å². The summed E-state index contributed by atoms with van der Waals surface area (Å²) in [5, 5.41) is 0. The maximum atomic E-state index is 13.0. The number of aromatic nitrogens is 2. The molecule has 2 aliphatic rings. The molecule has 2 fully saturated rings. The summed E-state index contributed by atoms with van der Waals surface area (Å²) in [6.07, 6.45) is 2.33. The fourth-order valence-corrected chi connectivity index (χ4v) is 3.85. The standard InChI is InChI=1S/C21H26N6O2/c1-17-3-2-4-18(13-17)25-9-11-27(12-10-25)21(29)19-14-20(23-15-22-19)26-7-5-24(16-28)6-8-26/h2-4,13-16H,5-12H2,1H3. The number of piperazine rings is 2. The molecule has 3 heterocycles. The molecule has 0 unspecified atom stereocenters. The number of rotatable bonds is 4. The van der Waals surface area contributed by atoms with Crippen molar-refractivity contribution in [1.82, 2.24) is 19.8 Å². The van der Waals surface area contributed by atoms with E-state index in [-0.39, 0.29) is 5.91 Å². The van der Waals surface area contributed by atoms with Crippen molar-refractivity contribution < 1.29 is 9.59 Å². The highest BCUT2D eigenvalue weighted by molar-refractivity contribution is 5.93. The fourth-order valence-electron chi connectivity index (χ4n) is 3.85. The number of aryl methyl sites for hydroxylation is 1. The topological polar surface area (TPSA) is 72.9 Å². The predicted molar refractivity (Wildman–Crippen MR) is 111 cm³/mol. The first kappa shape index (κ1) is 19.2. The van der Waals surface area contributed by atoms with Crippen LogP contribution in [0.2, 0.25) is 0 Å². The maximum absolute atomic E-state index is 13.0. The number of amides is 2. The van der Waals surface area contributed by atoms with Gasteiger partial charge < -0.3 is 19.6 Å². The van der Waals surface area contributed by atoms with E-state index in [9.17, 15) is 9.59 Å². The molecule has 2 aliphatic heterocycles. The van der Waals surface area contributed by atoms with E-state index in [1.54, 1.807) is 11.0 Å². The molecule has 1 aromatic carbocycles. The van der Waals surface area contributed by atoms with Crippen molar-refractivity contribution >= 4 is 23.8 Å². The summed E-state index contributed by atoms with van der Waals surface area (Å²) in [4.78, 5) is 40.4. The van der Waals surface area contributed by atoms with Crippen LogP contribution in [0.3, 0.4) is 0 Å². The van der Waals surface area contributed by atoms with E-state index in [4.69, 9.17) is 0 Å². The first-order valence-corrected chi connectivity index (χ1v) is 10.0. The molecule has 8 heteroatoms. The quantitative estimate of drug-likeness (QED) is 0.721. The van der Waals surface area contributed by atoms with Crippen molar-refractivity contribution in [1.29, 1.82) is 0 Å². The lowest BCUT2D eigenvalue weighted by atomic mass is 10.2. The molecule has 0 radical (unpaired) electrons. The van der Waals surface area contributed by atoms with Crippen molar-refractivity contribution in [2.75, 3.05) is 62.2 Å². The highest BCUT2D eigenvalue weighted by Crippen LogP contribution is 2.19. The summed E-state index contributed by atoms with van der Waals surface area (Å²) in [5.41, 5.74) is 2.87. The summed E-state index contributed by atoms with van der Waals surface area (Å²) in [5.74, 6) is 0.691. The Labute approximate surface area is 170 Å². The number of carbonyl (C=O) groups is 2. The number of hydrogen-bond donors (Lipinski definition) is 0. The molecular weight excluding hydrogens is 368 g/mol. The molecule has 152 valence electrons. The van der Waals surface area contributed by atoms with Crippen LogP contribution in [0, 0.1) is 6.92 Å². The smallest absolute Gasteiger partial charge is 0.272 e. The van der Waals surface area contributed by atoms with Gasteiger partial charge in [0.15, 0.2) is 0 Å². The normalized spacial score (nSPS) is 17.4. The Morgan fingerprint density at radius 3 is 2.34 bits per heavy atom. The molecule has 0 saturated carbocycles. The average Bonchev–Trinajstić information content (AvgIpc) is 2.79. The van der Waals surface area contributed by atoms with E-state index in [1.165, 1.54) is 17.6 Å². The van der Waals surface area contributed by atoms with Crippen LogP contribution in [0.1, 0.15) is 16.1 Å². The molecule has 2 amide bonds. The van der Waals surface area contributed by atoms with Crippen LogP contribution in [0.4, 0.5) is 11.5 Å².